The van der Waals surface area contributed by atoms with Crippen LogP contribution in [0.3, 0.4) is 0 Å². The van der Waals surface area contributed by atoms with Crippen LogP contribution in [0.1, 0.15) is 41.5 Å². The van der Waals surface area contributed by atoms with Gasteiger partial charge in [0.1, 0.15) is 11.4 Å². The van der Waals surface area contributed by atoms with Gasteiger partial charge in [0.25, 0.3) is 0 Å². The highest BCUT2D eigenvalue weighted by molar-refractivity contribution is 5.90. The van der Waals surface area contributed by atoms with Gasteiger partial charge in [-0.1, -0.05) is 18.2 Å². The number of halogens is 3. The minimum Gasteiger partial charge on any atom is -0.483 e. The van der Waals surface area contributed by atoms with Crippen molar-refractivity contribution in [2.45, 2.75) is 32.5 Å². The number of hydrogen-bond acceptors (Lipinski definition) is 4. The van der Waals surface area contributed by atoms with Crippen LogP contribution >= 0.6 is 0 Å². The van der Waals surface area contributed by atoms with E-state index in [1.165, 1.54) is 12.1 Å². The van der Waals surface area contributed by atoms with Gasteiger partial charge in [0.2, 0.25) is 0 Å². The Balaban J connectivity index is 2.20. The summed E-state index contributed by atoms with van der Waals surface area (Å²) >= 11 is 0. The summed E-state index contributed by atoms with van der Waals surface area (Å²) in [5.41, 5.74) is 1.06. The summed E-state index contributed by atoms with van der Waals surface area (Å²) in [5, 5.41) is 0. The first-order chi connectivity index (χ1) is 12.5. The third-order valence-corrected chi connectivity index (χ3v) is 3.38. The average molecular weight is 380 g/mol. The van der Waals surface area contributed by atoms with Gasteiger partial charge in [0, 0.05) is 0 Å². The Morgan fingerprint density at radius 3 is 2.11 bits per heavy atom. The van der Waals surface area contributed by atoms with Crippen LogP contribution in [0.5, 0.6) is 5.75 Å². The van der Waals surface area contributed by atoms with Gasteiger partial charge in [0.05, 0.1) is 11.1 Å². The van der Waals surface area contributed by atoms with Gasteiger partial charge in [-0.15, -0.1) is 0 Å². The Morgan fingerprint density at radius 1 is 1.00 bits per heavy atom. The fourth-order valence-electron chi connectivity index (χ4n) is 2.25. The Kier molecular flexibility index (Phi) is 5.93. The third-order valence-electron chi connectivity index (χ3n) is 3.38. The van der Waals surface area contributed by atoms with Crippen LogP contribution in [-0.2, 0) is 4.74 Å². The lowest BCUT2D eigenvalue weighted by atomic mass is 10.0. The van der Waals surface area contributed by atoms with Crippen LogP contribution in [0, 0.1) is 0 Å². The zero-order chi connectivity index (χ0) is 20.2. The van der Waals surface area contributed by atoms with Crippen LogP contribution in [0.25, 0.3) is 11.1 Å². The molecule has 2 aromatic carbocycles. The topological polar surface area (TPSA) is 52.6 Å². The number of hydrogen-bond donors (Lipinski definition) is 0. The van der Waals surface area contributed by atoms with Crippen molar-refractivity contribution in [2.75, 3.05) is 6.61 Å². The number of ether oxygens (including phenoxy) is 2. The van der Waals surface area contributed by atoms with Crippen molar-refractivity contribution in [3.8, 4) is 16.9 Å². The maximum absolute atomic E-state index is 12.3. The van der Waals surface area contributed by atoms with Gasteiger partial charge < -0.3 is 9.47 Å². The molecule has 0 N–H and O–H groups in total. The largest absolute Gasteiger partial charge is 0.483 e. The number of esters is 1. The molecule has 0 saturated carbocycles. The SMILES string of the molecule is CC(C)(C)OC(=O)c1ccc(-c2ccc(OCC(F)(F)F)c(C=O)c2)cc1. The number of rotatable bonds is 5. The molecule has 0 aliphatic carbocycles. The highest BCUT2D eigenvalue weighted by Gasteiger charge is 2.28. The molecule has 0 aliphatic heterocycles. The van der Waals surface area contributed by atoms with Crippen molar-refractivity contribution in [2.24, 2.45) is 0 Å². The molecule has 0 spiro atoms. The summed E-state index contributed by atoms with van der Waals surface area (Å²) in [7, 11) is 0. The smallest absolute Gasteiger partial charge is 0.422 e. The summed E-state index contributed by atoms with van der Waals surface area (Å²) in [5.74, 6) is -0.602. The molecule has 0 unspecified atom stereocenters. The minimum absolute atomic E-state index is 0.00738. The normalized spacial score (nSPS) is 11.8. The highest BCUT2D eigenvalue weighted by atomic mass is 19.4. The molecule has 0 heterocycles. The van der Waals surface area contributed by atoms with Crippen LogP contribution in [-0.4, -0.2) is 30.6 Å². The Labute approximate surface area is 154 Å². The predicted molar refractivity (Wildman–Crippen MR) is 94.0 cm³/mol. The van der Waals surface area contributed by atoms with Gasteiger partial charge in [-0.25, -0.2) is 4.79 Å². The van der Waals surface area contributed by atoms with Crippen LogP contribution in [0.4, 0.5) is 13.2 Å². The summed E-state index contributed by atoms with van der Waals surface area (Å²) < 4.78 is 46.8. The van der Waals surface area contributed by atoms with Crippen molar-refractivity contribution in [1.82, 2.24) is 0 Å². The van der Waals surface area contributed by atoms with Gasteiger partial charge in [-0.2, -0.15) is 13.2 Å². The maximum Gasteiger partial charge on any atom is 0.422 e. The van der Waals surface area contributed by atoms with E-state index < -0.39 is 24.4 Å². The number of aldehydes is 1. The molecule has 144 valence electrons. The lowest BCUT2D eigenvalue weighted by Crippen LogP contribution is -2.23. The van der Waals surface area contributed by atoms with E-state index in [1.54, 1.807) is 51.1 Å². The molecular weight excluding hydrogens is 361 g/mol. The number of alkyl halides is 3. The quantitative estimate of drug-likeness (QED) is 0.537. The van der Waals surface area contributed by atoms with Crippen LogP contribution in [0.15, 0.2) is 42.5 Å². The molecule has 27 heavy (non-hydrogen) atoms. The van der Waals surface area contributed by atoms with E-state index in [-0.39, 0.29) is 11.3 Å². The predicted octanol–water partition coefficient (Wildman–Crippen LogP) is 5.06. The van der Waals surface area contributed by atoms with Gasteiger partial charge in [0.15, 0.2) is 12.9 Å². The molecular formula is C20H19F3O4. The molecule has 7 heteroatoms. The molecule has 0 saturated heterocycles. The van der Waals surface area contributed by atoms with Crippen LogP contribution in [0.2, 0.25) is 0 Å². The lowest BCUT2D eigenvalue weighted by molar-refractivity contribution is -0.153. The second-order valence-electron chi connectivity index (χ2n) is 6.85. The molecule has 0 fully saturated rings. The number of carbonyl (C=O) groups excluding carboxylic acids is 2. The molecule has 2 rings (SSSR count). The van der Waals surface area contributed by atoms with E-state index in [0.29, 0.717) is 23.0 Å². The average Bonchev–Trinajstić information content (AvgIpc) is 2.58. The first-order valence-electron chi connectivity index (χ1n) is 8.11. The van der Waals surface area contributed by atoms with E-state index in [0.717, 1.165) is 0 Å². The van der Waals surface area contributed by atoms with Gasteiger partial charge >= 0.3 is 12.1 Å². The first-order valence-corrected chi connectivity index (χ1v) is 8.11. The molecule has 0 amide bonds. The van der Waals surface area contributed by atoms with Gasteiger partial charge in [-0.3, -0.25) is 4.79 Å². The lowest BCUT2D eigenvalue weighted by Gasteiger charge is -2.19. The minimum atomic E-state index is -4.49. The Morgan fingerprint density at radius 2 is 1.59 bits per heavy atom. The monoisotopic (exact) mass is 380 g/mol. The Bertz CT molecular complexity index is 819. The van der Waals surface area contributed by atoms with E-state index in [2.05, 4.69) is 4.74 Å². The van der Waals surface area contributed by atoms with Gasteiger partial charge in [-0.05, 0) is 56.2 Å². The van der Waals surface area contributed by atoms with E-state index in [1.807, 2.05) is 0 Å². The molecule has 0 atom stereocenters. The molecule has 0 aliphatic rings. The molecule has 0 radical (unpaired) electrons. The molecule has 4 nitrogen and oxygen atoms in total. The summed E-state index contributed by atoms with van der Waals surface area (Å²) in [4.78, 5) is 23.2. The standard InChI is InChI=1S/C20H19F3O4/c1-19(2,3)27-18(25)14-6-4-13(5-7-14)15-8-9-17(16(10-15)11-24)26-12-20(21,22)23/h4-11H,12H2,1-3H3. The highest BCUT2D eigenvalue weighted by Crippen LogP contribution is 2.28. The maximum atomic E-state index is 12.3. The van der Waals surface area contributed by atoms with Crippen molar-refractivity contribution in [3.05, 3.63) is 53.6 Å². The third kappa shape index (κ3) is 6.13. The van der Waals surface area contributed by atoms with E-state index >= 15 is 0 Å². The fraction of sp³-hybridized carbons (Fsp3) is 0.300. The van der Waals surface area contributed by atoms with Crippen molar-refractivity contribution < 1.29 is 32.2 Å². The number of benzene rings is 2. The second-order valence-corrected chi connectivity index (χ2v) is 6.85. The molecule has 0 aromatic heterocycles. The van der Waals surface area contributed by atoms with Crippen molar-refractivity contribution in [3.63, 3.8) is 0 Å². The van der Waals surface area contributed by atoms with E-state index in [9.17, 15) is 22.8 Å². The Hall–Kier alpha value is -2.83. The summed E-state index contributed by atoms with van der Waals surface area (Å²) in [6.07, 6.45) is -4.05. The zero-order valence-electron chi connectivity index (χ0n) is 15.1. The van der Waals surface area contributed by atoms with Crippen LogP contribution < -0.4 is 4.74 Å². The summed E-state index contributed by atoms with van der Waals surface area (Å²) in [6.45, 7) is 3.83. The van der Waals surface area contributed by atoms with E-state index in [4.69, 9.17) is 4.74 Å². The second kappa shape index (κ2) is 7.82. The van der Waals surface area contributed by atoms with Crippen molar-refractivity contribution in [1.29, 1.82) is 0 Å². The summed E-state index contributed by atoms with van der Waals surface area (Å²) in [6, 6.07) is 10.8. The van der Waals surface area contributed by atoms with Crippen molar-refractivity contribution >= 4 is 12.3 Å². The number of carbonyl (C=O) groups is 2. The zero-order valence-corrected chi connectivity index (χ0v) is 15.1. The molecule has 2 aromatic rings. The fourth-order valence-corrected chi connectivity index (χ4v) is 2.25. The first kappa shape index (κ1) is 20.5. The molecule has 0 bridgehead atoms.